The highest BCUT2D eigenvalue weighted by Crippen LogP contribution is 2.36. The standard InChI is InChI=1S/C27H42N8O5S/c1-4-18-16-33(2)24-25(35(18)19-7-5-6-8-19)31-27(28,32-26(24)37)30-21-10-9-20(15-22(21)40-3)41(38,39)17-23(36)34-13-11-29-12-14-34/h9-10,15,18-19,29-31H,4-8,11-14,16-17,28H2,1-3H3,(H,32,37)/t18?,27-/m0/s1. The van der Waals surface area contributed by atoms with E-state index >= 15 is 0 Å². The number of rotatable bonds is 8. The lowest BCUT2D eigenvalue weighted by molar-refractivity contribution is -0.129. The molecule has 1 saturated heterocycles. The molecule has 6 N–H and O–H groups in total. The van der Waals surface area contributed by atoms with Crippen molar-refractivity contribution in [2.24, 2.45) is 5.73 Å². The van der Waals surface area contributed by atoms with Gasteiger partial charge in [0.1, 0.15) is 23.0 Å². The van der Waals surface area contributed by atoms with Gasteiger partial charge in [-0.05, 0) is 31.4 Å². The number of ether oxygens (including phenoxy) is 1. The lowest BCUT2D eigenvalue weighted by Gasteiger charge is -2.52. The SMILES string of the molecule is CCC1CN(C)C2=C(N[C@](N)(Nc3ccc(S(=O)(=O)CC(=O)N4CCNCC4)cc3OC)NC2=O)N1C1CCCC1. The van der Waals surface area contributed by atoms with Crippen LogP contribution in [0.25, 0.3) is 0 Å². The molecule has 13 nitrogen and oxygen atoms in total. The van der Waals surface area contributed by atoms with Crippen molar-refractivity contribution in [2.75, 3.05) is 58.0 Å². The topological polar surface area (TPSA) is 161 Å². The fraction of sp³-hybridized carbons (Fsp3) is 0.630. The minimum absolute atomic E-state index is 0.0350. The van der Waals surface area contributed by atoms with Crippen molar-refractivity contribution >= 4 is 27.3 Å². The maximum absolute atomic E-state index is 13.4. The first-order chi connectivity index (χ1) is 19.5. The van der Waals surface area contributed by atoms with Gasteiger partial charge in [0.25, 0.3) is 5.91 Å². The van der Waals surface area contributed by atoms with Crippen LogP contribution in [0.15, 0.2) is 34.6 Å². The third-order valence-electron chi connectivity index (χ3n) is 8.42. The van der Waals surface area contributed by atoms with E-state index in [2.05, 4.69) is 33.1 Å². The van der Waals surface area contributed by atoms with Gasteiger partial charge in [-0.2, -0.15) is 0 Å². The van der Waals surface area contributed by atoms with E-state index in [0.29, 0.717) is 49.4 Å². The van der Waals surface area contributed by atoms with Crippen molar-refractivity contribution in [1.82, 2.24) is 30.7 Å². The first kappa shape index (κ1) is 29.3. The lowest BCUT2D eigenvalue weighted by atomic mass is 10.0. The second-order valence-electron chi connectivity index (χ2n) is 11.2. The zero-order chi connectivity index (χ0) is 29.4. The van der Waals surface area contributed by atoms with Gasteiger partial charge in [-0.25, -0.2) is 8.42 Å². The molecule has 5 rings (SSSR count). The number of anilines is 1. The van der Waals surface area contributed by atoms with Crippen LogP contribution >= 0.6 is 0 Å². The monoisotopic (exact) mass is 590 g/mol. The molecule has 0 radical (unpaired) electrons. The quantitative estimate of drug-likeness (QED) is 0.254. The molecule has 1 aromatic rings. The van der Waals surface area contributed by atoms with Crippen LogP contribution in [0, 0.1) is 0 Å². The maximum Gasteiger partial charge on any atom is 0.275 e. The Balaban J connectivity index is 1.38. The van der Waals surface area contributed by atoms with Crippen LogP contribution in [-0.4, -0.2) is 106 Å². The molecule has 1 aliphatic carbocycles. The molecule has 226 valence electrons. The minimum atomic E-state index is -3.92. The summed E-state index contributed by atoms with van der Waals surface area (Å²) in [7, 11) is -0.585. The van der Waals surface area contributed by atoms with Gasteiger partial charge < -0.3 is 35.4 Å². The minimum Gasteiger partial charge on any atom is -0.495 e. The molecule has 0 aromatic heterocycles. The summed E-state index contributed by atoms with van der Waals surface area (Å²) in [6.45, 7) is 5.12. The molecule has 1 aromatic carbocycles. The van der Waals surface area contributed by atoms with E-state index < -0.39 is 27.4 Å². The van der Waals surface area contributed by atoms with E-state index in [1.165, 1.54) is 25.3 Å². The number of sulfone groups is 1. The average molecular weight is 591 g/mol. The zero-order valence-corrected chi connectivity index (χ0v) is 24.8. The zero-order valence-electron chi connectivity index (χ0n) is 24.0. The van der Waals surface area contributed by atoms with Crippen LogP contribution in [0.3, 0.4) is 0 Å². The molecular formula is C27H42N8O5S. The number of nitrogens with one attached hydrogen (secondary N) is 4. The van der Waals surface area contributed by atoms with Crippen LogP contribution in [0.2, 0.25) is 0 Å². The van der Waals surface area contributed by atoms with Crippen molar-refractivity contribution in [1.29, 1.82) is 0 Å². The van der Waals surface area contributed by atoms with E-state index in [1.807, 2.05) is 11.9 Å². The summed E-state index contributed by atoms with van der Waals surface area (Å²) in [6.07, 6.45) is 5.36. The molecule has 2 amide bonds. The summed E-state index contributed by atoms with van der Waals surface area (Å²) >= 11 is 0. The molecule has 14 heteroatoms. The molecular weight excluding hydrogens is 548 g/mol. The Kier molecular flexibility index (Phi) is 8.26. The Labute approximate surface area is 241 Å². The molecule has 1 unspecified atom stereocenters. The van der Waals surface area contributed by atoms with Gasteiger partial charge in [0.2, 0.25) is 11.8 Å². The first-order valence-electron chi connectivity index (χ1n) is 14.4. The maximum atomic E-state index is 13.4. The largest absolute Gasteiger partial charge is 0.495 e. The summed E-state index contributed by atoms with van der Waals surface area (Å²) in [6, 6.07) is 4.87. The molecule has 0 spiro atoms. The Morgan fingerprint density at radius 3 is 2.56 bits per heavy atom. The summed E-state index contributed by atoms with van der Waals surface area (Å²) in [5, 5.41) is 12.5. The number of carbonyl (C=O) groups is 2. The highest BCUT2D eigenvalue weighted by Gasteiger charge is 2.46. The van der Waals surface area contributed by atoms with Gasteiger partial charge in [0.15, 0.2) is 9.84 Å². The number of hydrogen-bond acceptors (Lipinski definition) is 11. The number of likely N-dealkylation sites (N-methyl/N-ethyl adjacent to an activating group) is 1. The fourth-order valence-electron chi connectivity index (χ4n) is 6.33. The number of nitrogens with zero attached hydrogens (tertiary/aromatic N) is 3. The first-order valence-corrected chi connectivity index (χ1v) is 16.0. The van der Waals surface area contributed by atoms with Crippen LogP contribution in [-0.2, 0) is 19.4 Å². The van der Waals surface area contributed by atoms with Gasteiger partial charge in [-0.15, -0.1) is 0 Å². The van der Waals surface area contributed by atoms with Gasteiger partial charge in [0, 0.05) is 57.9 Å². The average Bonchev–Trinajstić information content (AvgIpc) is 3.47. The second kappa shape index (κ2) is 11.6. The second-order valence-corrected chi connectivity index (χ2v) is 13.2. The Hall–Kier alpha value is -3.23. The summed E-state index contributed by atoms with van der Waals surface area (Å²) in [5.74, 6) is -2.03. The third-order valence-corrected chi connectivity index (χ3v) is 10.0. The molecule has 3 aliphatic heterocycles. The van der Waals surface area contributed by atoms with Gasteiger partial charge in [-0.3, -0.25) is 20.6 Å². The van der Waals surface area contributed by atoms with Crippen molar-refractivity contribution in [3.05, 3.63) is 29.7 Å². The third kappa shape index (κ3) is 5.90. The fourth-order valence-corrected chi connectivity index (χ4v) is 7.56. The number of hydrogen-bond donors (Lipinski definition) is 5. The van der Waals surface area contributed by atoms with E-state index in [1.54, 1.807) is 4.90 Å². The number of nitrogens with two attached hydrogens (primary N) is 1. The predicted molar refractivity (Wildman–Crippen MR) is 154 cm³/mol. The van der Waals surface area contributed by atoms with Gasteiger partial charge >= 0.3 is 0 Å². The Bertz CT molecular complexity index is 1310. The van der Waals surface area contributed by atoms with Crippen LogP contribution in [0.1, 0.15) is 39.0 Å². The molecule has 2 fully saturated rings. The number of piperazine rings is 1. The summed E-state index contributed by atoms with van der Waals surface area (Å²) < 4.78 is 31.8. The smallest absolute Gasteiger partial charge is 0.275 e. The highest BCUT2D eigenvalue weighted by atomic mass is 32.2. The number of methoxy groups -OCH3 is 1. The van der Waals surface area contributed by atoms with E-state index in [9.17, 15) is 18.0 Å². The van der Waals surface area contributed by atoms with Gasteiger partial charge in [0.05, 0.1) is 17.7 Å². The predicted octanol–water partition coefficient (Wildman–Crippen LogP) is -0.260. The summed E-state index contributed by atoms with van der Waals surface area (Å²) in [4.78, 5) is 31.9. The molecule has 41 heavy (non-hydrogen) atoms. The molecule has 0 bridgehead atoms. The number of benzene rings is 1. The summed E-state index contributed by atoms with van der Waals surface area (Å²) in [5.41, 5.74) is 7.64. The van der Waals surface area contributed by atoms with Crippen LogP contribution in [0.5, 0.6) is 5.75 Å². The molecule has 4 aliphatic rings. The number of amides is 2. The van der Waals surface area contributed by atoms with Gasteiger partial charge in [-0.1, -0.05) is 19.8 Å². The lowest BCUT2D eigenvalue weighted by Crippen LogP contribution is -2.76. The molecule has 1 saturated carbocycles. The van der Waals surface area contributed by atoms with Crippen molar-refractivity contribution in [3.8, 4) is 5.75 Å². The molecule has 3 heterocycles. The van der Waals surface area contributed by atoms with Crippen molar-refractivity contribution < 1.29 is 22.7 Å². The van der Waals surface area contributed by atoms with E-state index in [-0.39, 0.29) is 22.6 Å². The van der Waals surface area contributed by atoms with Crippen LogP contribution < -0.4 is 31.7 Å². The Morgan fingerprint density at radius 2 is 1.90 bits per heavy atom. The van der Waals surface area contributed by atoms with E-state index in [0.717, 1.165) is 38.6 Å². The number of carbonyl (C=O) groups excluding carboxylic acids is 2. The van der Waals surface area contributed by atoms with Crippen molar-refractivity contribution in [2.45, 2.75) is 61.9 Å². The Morgan fingerprint density at radius 1 is 1.20 bits per heavy atom. The highest BCUT2D eigenvalue weighted by molar-refractivity contribution is 7.92. The van der Waals surface area contributed by atoms with Crippen LogP contribution in [0.4, 0.5) is 5.69 Å². The normalized spacial score (nSPS) is 25.5. The molecule has 2 atom stereocenters. The van der Waals surface area contributed by atoms with Crippen molar-refractivity contribution in [3.63, 3.8) is 0 Å². The van der Waals surface area contributed by atoms with E-state index in [4.69, 9.17) is 10.5 Å².